The summed E-state index contributed by atoms with van der Waals surface area (Å²) in [7, 11) is -15.0. The zero-order valence-electron chi connectivity index (χ0n) is 22.3. The molecule has 2 fully saturated rings. The molecule has 0 radical (unpaired) electrons. The van der Waals surface area contributed by atoms with E-state index in [-0.39, 0.29) is 24.8 Å². The molecule has 0 aromatic heterocycles. The van der Waals surface area contributed by atoms with Crippen LogP contribution in [-0.4, -0.2) is 59.7 Å². The SMILES string of the molecule is COP(=O)([O-])[C@@](O)(C1CCCCC1)C1SC(CCOP(=O)([O-])OP(=O)([O-])[O-])C(C)[NH+]1CC1=CNC(C)[NH2+]C1[NH3+]. The van der Waals surface area contributed by atoms with E-state index in [0.717, 1.165) is 36.8 Å². The van der Waals surface area contributed by atoms with Crippen LogP contribution in [0.15, 0.2) is 11.8 Å². The molecule has 3 rings (SSSR count). The van der Waals surface area contributed by atoms with E-state index in [1.807, 2.05) is 25.4 Å². The summed E-state index contributed by atoms with van der Waals surface area (Å²) in [6, 6.07) is -0.292. The minimum atomic E-state index is -5.82. The maximum atomic E-state index is 13.4. The molecule has 8 unspecified atom stereocenters. The number of phosphoric ester groups is 1. The molecule has 19 heteroatoms. The first-order chi connectivity index (χ1) is 18.0. The fourth-order valence-corrected chi connectivity index (χ4v) is 11.2. The average Bonchev–Trinajstić information content (AvgIpc) is 3.14. The van der Waals surface area contributed by atoms with Crippen molar-refractivity contribution in [1.82, 2.24) is 5.32 Å². The third-order valence-corrected chi connectivity index (χ3v) is 14.0. The molecule has 3 aliphatic rings. The maximum Gasteiger partial charge on any atom is 0.271 e. The zero-order valence-corrected chi connectivity index (χ0v) is 25.8. The van der Waals surface area contributed by atoms with Gasteiger partial charge in [-0.05, 0) is 26.2 Å². The van der Waals surface area contributed by atoms with Crippen LogP contribution in [0.25, 0.3) is 0 Å². The highest BCUT2D eigenvalue weighted by Gasteiger charge is 2.62. The van der Waals surface area contributed by atoms with Crippen molar-refractivity contribution >= 4 is 35.0 Å². The van der Waals surface area contributed by atoms with Crippen LogP contribution in [0.3, 0.4) is 0 Å². The number of hydrogen-bond donors (Lipinski definition) is 5. The summed E-state index contributed by atoms with van der Waals surface area (Å²) < 4.78 is 48.9. The number of nitrogens with two attached hydrogens (primary N) is 1. The van der Waals surface area contributed by atoms with E-state index in [1.165, 1.54) is 11.8 Å². The maximum absolute atomic E-state index is 13.4. The smallest absolute Gasteiger partial charge is 0.271 e. The molecule has 0 spiro atoms. The van der Waals surface area contributed by atoms with Crippen molar-refractivity contribution in [3.63, 3.8) is 0 Å². The van der Waals surface area contributed by atoms with E-state index in [4.69, 9.17) is 4.52 Å². The molecule has 39 heavy (non-hydrogen) atoms. The monoisotopic (exact) mass is 637 g/mol. The Morgan fingerprint density at radius 1 is 1.21 bits per heavy atom. The topological polar surface area (TPSA) is 252 Å². The summed E-state index contributed by atoms with van der Waals surface area (Å²) in [4.78, 5) is 47.3. The minimum Gasteiger partial charge on any atom is -0.790 e. The molecule has 2 heterocycles. The molecule has 0 aromatic carbocycles. The Hall–Kier alpha value is 0.140. The second kappa shape index (κ2) is 13.2. The molecule has 1 saturated heterocycles. The van der Waals surface area contributed by atoms with Gasteiger partial charge in [-0.1, -0.05) is 31.0 Å². The van der Waals surface area contributed by atoms with Crippen LogP contribution >= 0.6 is 35.0 Å². The van der Waals surface area contributed by atoms with E-state index in [9.17, 15) is 38.4 Å². The fraction of sp³-hybridized carbons (Fsp3) is 0.900. The molecule has 1 saturated carbocycles. The lowest BCUT2D eigenvalue weighted by Crippen LogP contribution is -3.20. The Labute approximate surface area is 232 Å². The molecule has 9 atom stereocenters. The van der Waals surface area contributed by atoms with Crippen LogP contribution in [0.1, 0.15) is 52.4 Å². The number of quaternary nitrogens is 3. The van der Waals surface area contributed by atoms with E-state index < -0.39 is 51.7 Å². The summed E-state index contributed by atoms with van der Waals surface area (Å²) in [6.45, 7) is 3.71. The van der Waals surface area contributed by atoms with E-state index in [0.29, 0.717) is 19.4 Å². The number of thioether (sulfide) groups is 1. The standard InChI is InChI=1S/C20H41N4O11P3S/c1-13-17(9-10-34-38(31,32)35-37(28,29)30)39-19(24(13)12-15-11-22-14(2)23-18(15)21)20(25,36(26,27)33-3)16-7-5-4-6-8-16/h11,13-14,16-19,22-23,25H,4-10,12,21H2,1-3H3,(H,26,27)(H,31,32)(H2,28,29,30)/p-1/t13?,14?,17?,18?,19?,20-/m0/s1. The van der Waals surface area contributed by atoms with Gasteiger partial charge in [-0.15, -0.1) is 0 Å². The van der Waals surface area contributed by atoms with E-state index in [1.54, 1.807) is 0 Å². The number of aliphatic hydroxyl groups is 1. The quantitative estimate of drug-likeness (QED) is 0.128. The highest BCUT2D eigenvalue weighted by atomic mass is 32.2. The minimum absolute atomic E-state index is 0.0502. The molecule has 1 aliphatic carbocycles. The highest BCUT2D eigenvalue weighted by molar-refractivity contribution is 8.00. The average molecular weight is 638 g/mol. The second-order valence-corrected chi connectivity index (χ2v) is 16.6. The molecule has 228 valence electrons. The normalized spacial score (nSPS) is 35.4. The first kappa shape index (κ1) is 33.6. The summed E-state index contributed by atoms with van der Waals surface area (Å²) in [5.41, 5.74) is 5.12. The summed E-state index contributed by atoms with van der Waals surface area (Å²) in [5.74, 6) is -0.552. The van der Waals surface area contributed by atoms with Crippen molar-refractivity contribution in [1.29, 1.82) is 0 Å². The lowest BCUT2D eigenvalue weighted by molar-refractivity contribution is -0.932. The third-order valence-electron chi connectivity index (χ3n) is 7.85. The van der Waals surface area contributed by atoms with Crippen LogP contribution in [-0.2, 0) is 27.1 Å². The lowest BCUT2D eigenvalue weighted by atomic mass is 9.84. The second-order valence-electron chi connectivity index (χ2n) is 10.5. The number of phosphoric acid groups is 2. The van der Waals surface area contributed by atoms with Gasteiger partial charge in [0.2, 0.25) is 6.17 Å². The van der Waals surface area contributed by atoms with Gasteiger partial charge in [0, 0.05) is 26.2 Å². The van der Waals surface area contributed by atoms with Gasteiger partial charge in [0.1, 0.15) is 12.1 Å². The highest BCUT2D eigenvalue weighted by Crippen LogP contribution is 2.60. The number of nitrogens with one attached hydrogen (secondary N) is 2. The summed E-state index contributed by atoms with van der Waals surface area (Å²) in [5, 5.41) is 13.9. The van der Waals surface area contributed by atoms with Gasteiger partial charge in [0.15, 0.2) is 24.5 Å². The van der Waals surface area contributed by atoms with E-state index in [2.05, 4.69) is 19.9 Å². The van der Waals surface area contributed by atoms with Crippen molar-refractivity contribution < 1.29 is 67.7 Å². The zero-order chi connectivity index (χ0) is 29.2. The molecule has 0 bridgehead atoms. The first-order valence-corrected chi connectivity index (χ1v) is 18.3. The van der Waals surface area contributed by atoms with E-state index >= 15 is 0 Å². The van der Waals surface area contributed by atoms with Crippen molar-refractivity contribution in [3.8, 4) is 0 Å². The van der Waals surface area contributed by atoms with Crippen LogP contribution in [0, 0.1) is 5.92 Å². The van der Waals surface area contributed by atoms with Crippen LogP contribution in [0.4, 0.5) is 0 Å². The molecular weight excluding hydrogens is 597 g/mol. The van der Waals surface area contributed by atoms with Gasteiger partial charge in [-0.2, -0.15) is 0 Å². The predicted molar refractivity (Wildman–Crippen MR) is 133 cm³/mol. The van der Waals surface area contributed by atoms with Crippen LogP contribution in [0.5, 0.6) is 0 Å². The number of hydrogen-bond acceptors (Lipinski definition) is 13. The molecule has 0 amide bonds. The Bertz CT molecular complexity index is 1030. The molecule has 15 nitrogen and oxygen atoms in total. The van der Waals surface area contributed by atoms with Gasteiger partial charge in [-0.25, -0.2) is 0 Å². The largest absolute Gasteiger partial charge is 0.790 e. The van der Waals surface area contributed by atoms with Gasteiger partial charge < -0.3 is 58.8 Å². The van der Waals surface area contributed by atoms with Crippen molar-refractivity contribution in [2.75, 3.05) is 20.3 Å². The van der Waals surface area contributed by atoms with Gasteiger partial charge in [-0.3, -0.25) is 14.2 Å². The van der Waals surface area contributed by atoms with Crippen molar-refractivity contribution in [2.24, 2.45) is 5.92 Å². The fourth-order valence-electron chi connectivity index (χ4n) is 5.77. The van der Waals surface area contributed by atoms with Crippen LogP contribution in [0.2, 0.25) is 0 Å². The molecule has 2 aliphatic heterocycles. The Balaban J connectivity index is 1.90. The Morgan fingerprint density at radius 2 is 1.85 bits per heavy atom. The molecule has 8 N–H and O–H groups in total. The van der Waals surface area contributed by atoms with Crippen LogP contribution < -0.4 is 40.8 Å². The summed E-state index contributed by atoms with van der Waals surface area (Å²) >= 11 is 1.22. The molecular formula is C20H40N4O11P3S-. The third kappa shape index (κ3) is 8.16. The molecule has 0 aromatic rings. The predicted octanol–water partition coefficient (Wildman–Crippen LogP) is -4.15. The van der Waals surface area contributed by atoms with Gasteiger partial charge in [0.05, 0.1) is 25.7 Å². The Kier molecular flexibility index (Phi) is 11.4. The lowest BCUT2D eigenvalue weighted by Gasteiger charge is -2.49. The van der Waals surface area contributed by atoms with Gasteiger partial charge in [0.25, 0.3) is 7.82 Å². The number of rotatable bonds is 12. The first-order valence-electron chi connectivity index (χ1n) is 12.9. The Morgan fingerprint density at radius 3 is 2.41 bits per heavy atom. The van der Waals surface area contributed by atoms with Crippen molar-refractivity contribution in [2.45, 2.75) is 86.7 Å². The summed E-state index contributed by atoms with van der Waals surface area (Å²) in [6.07, 6.45) is 5.42. The van der Waals surface area contributed by atoms with Gasteiger partial charge >= 0.3 is 0 Å². The van der Waals surface area contributed by atoms with Crippen molar-refractivity contribution in [3.05, 3.63) is 11.8 Å².